The Balaban J connectivity index is 1.80. The minimum Gasteiger partial charge on any atom is -0.383 e. The van der Waals surface area contributed by atoms with Gasteiger partial charge in [-0.05, 0) is 23.8 Å². The number of aromatic nitrogens is 2. The molecule has 0 spiro atoms. The summed E-state index contributed by atoms with van der Waals surface area (Å²) in [5.41, 5.74) is 14.4. The van der Waals surface area contributed by atoms with Crippen molar-refractivity contribution in [1.82, 2.24) is 14.9 Å². The largest absolute Gasteiger partial charge is 0.383 e. The summed E-state index contributed by atoms with van der Waals surface area (Å²) in [7, 11) is 0. The third kappa shape index (κ3) is 2.65. The van der Waals surface area contributed by atoms with Crippen LogP contribution in [0.3, 0.4) is 0 Å². The zero-order chi connectivity index (χ0) is 14.3. The van der Waals surface area contributed by atoms with E-state index in [1.807, 2.05) is 12.1 Å². The zero-order valence-electron chi connectivity index (χ0n) is 10.6. The normalized spacial score (nSPS) is 14.5. The molecular formula is C13H13Cl2N5. The van der Waals surface area contributed by atoms with Gasteiger partial charge >= 0.3 is 0 Å². The van der Waals surface area contributed by atoms with Crippen molar-refractivity contribution < 1.29 is 0 Å². The third-order valence-corrected chi connectivity index (χ3v) is 3.66. The lowest BCUT2D eigenvalue weighted by Crippen LogP contribution is -2.15. The van der Waals surface area contributed by atoms with Crippen LogP contribution in [0.25, 0.3) is 0 Å². The van der Waals surface area contributed by atoms with Gasteiger partial charge in [0.05, 0.1) is 5.69 Å². The molecule has 0 amide bonds. The third-order valence-electron chi connectivity index (χ3n) is 3.23. The fraction of sp³-hybridized carbons (Fsp3) is 0.231. The van der Waals surface area contributed by atoms with Gasteiger partial charge in [0.1, 0.15) is 5.82 Å². The molecule has 1 aliphatic rings. The molecule has 7 heteroatoms. The Morgan fingerprint density at radius 2 is 1.75 bits per heavy atom. The number of hydrogen-bond donors (Lipinski definition) is 2. The molecule has 0 bridgehead atoms. The van der Waals surface area contributed by atoms with Gasteiger partial charge in [0.2, 0.25) is 5.95 Å². The number of hydrogen-bond acceptors (Lipinski definition) is 5. The van der Waals surface area contributed by atoms with Crippen LogP contribution in [-0.2, 0) is 19.6 Å². The number of fused-ring (bicyclic) bond motifs is 1. The molecule has 0 saturated heterocycles. The standard InChI is InChI=1S/C13H13Cl2N5/c14-8-1-7(2-9(15)3-8)4-20-5-10-11(6-20)18-13(17)19-12(10)16/h1-3H,4-6H2,(H4,16,17,18,19). The number of benzene rings is 1. The monoisotopic (exact) mass is 309 g/mol. The fourth-order valence-electron chi connectivity index (χ4n) is 2.44. The molecule has 1 aliphatic heterocycles. The summed E-state index contributed by atoms with van der Waals surface area (Å²) in [6.45, 7) is 2.11. The number of nitrogen functional groups attached to an aromatic ring is 2. The lowest BCUT2D eigenvalue weighted by molar-refractivity contribution is 0.274. The van der Waals surface area contributed by atoms with Crippen LogP contribution >= 0.6 is 23.2 Å². The summed E-state index contributed by atoms with van der Waals surface area (Å²) in [5.74, 6) is 0.674. The topological polar surface area (TPSA) is 81.1 Å². The van der Waals surface area contributed by atoms with E-state index in [-0.39, 0.29) is 5.95 Å². The maximum atomic E-state index is 6.01. The maximum Gasteiger partial charge on any atom is 0.222 e. The van der Waals surface area contributed by atoms with Gasteiger partial charge in [-0.25, -0.2) is 4.98 Å². The number of anilines is 2. The number of halogens is 2. The molecule has 0 fully saturated rings. The summed E-state index contributed by atoms with van der Waals surface area (Å²) in [6, 6.07) is 5.52. The van der Waals surface area contributed by atoms with Gasteiger partial charge in [0, 0.05) is 35.2 Å². The quantitative estimate of drug-likeness (QED) is 0.890. The van der Waals surface area contributed by atoms with Gasteiger partial charge < -0.3 is 11.5 Å². The summed E-state index contributed by atoms with van der Waals surface area (Å²) < 4.78 is 0. The SMILES string of the molecule is Nc1nc(N)c2c(n1)CN(Cc1cc(Cl)cc(Cl)c1)C2. The Morgan fingerprint density at radius 3 is 2.45 bits per heavy atom. The lowest BCUT2D eigenvalue weighted by Gasteiger charge is -2.14. The van der Waals surface area contributed by atoms with E-state index in [9.17, 15) is 0 Å². The van der Waals surface area contributed by atoms with E-state index < -0.39 is 0 Å². The molecule has 0 radical (unpaired) electrons. The molecule has 0 atom stereocenters. The van der Waals surface area contributed by atoms with Gasteiger partial charge in [0.25, 0.3) is 0 Å². The first-order valence-electron chi connectivity index (χ1n) is 6.09. The molecule has 1 aromatic carbocycles. The van der Waals surface area contributed by atoms with Crippen LogP contribution < -0.4 is 11.5 Å². The highest BCUT2D eigenvalue weighted by atomic mass is 35.5. The summed E-state index contributed by atoms with van der Waals surface area (Å²) in [5, 5.41) is 1.26. The van der Waals surface area contributed by atoms with Crippen LogP contribution in [0.4, 0.5) is 11.8 Å². The number of nitrogens with two attached hydrogens (primary N) is 2. The van der Waals surface area contributed by atoms with E-state index in [1.54, 1.807) is 6.07 Å². The molecule has 2 aromatic rings. The van der Waals surface area contributed by atoms with Crippen LogP contribution in [0.2, 0.25) is 10.0 Å². The minimum atomic E-state index is 0.217. The Bertz CT molecular complexity index is 654. The molecule has 3 rings (SSSR count). The van der Waals surface area contributed by atoms with Crippen molar-refractivity contribution in [3.8, 4) is 0 Å². The first kappa shape index (κ1) is 13.4. The molecule has 2 heterocycles. The Hall–Kier alpha value is -1.56. The molecule has 104 valence electrons. The fourth-order valence-corrected chi connectivity index (χ4v) is 3.01. The second-order valence-corrected chi connectivity index (χ2v) is 5.69. The van der Waals surface area contributed by atoms with Crippen LogP contribution in [0.15, 0.2) is 18.2 Å². The van der Waals surface area contributed by atoms with Gasteiger partial charge in [-0.3, -0.25) is 4.90 Å². The van der Waals surface area contributed by atoms with Crippen LogP contribution in [0.5, 0.6) is 0 Å². The van der Waals surface area contributed by atoms with Gasteiger partial charge in [0.15, 0.2) is 0 Å². The molecule has 20 heavy (non-hydrogen) atoms. The molecule has 0 unspecified atom stereocenters. The number of rotatable bonds is 2. The van der Waals surface area contributed by atoms with Crippen LogP contribution in [-0.4, -0.2) is 14.9 Å². The smallest absolute Gasteiger partial charge is 0.222 e. The Kier molecular flexibility index (Phi) is 3.41. The second-order valence-electron chi connectivity index (χ2n) is 4.82. The van der Waals surface area contributed by atoms with Gasteiger partial charge in [-0.1, -0.05) is 23.2 Å². The molecule has 4 N–H and O–H groups in total. The van der Waals surface area contributed by atoms with E-state index in [2.05, 4.69) is 14.9 Å². The minimum absolute atomic E-state index is 0.217. The molecule has 1 aromatic heterocycles. The number of nitrogens with zero attached hydrogens (tertiary/aromatic N) is 3. The highest BCUT2D eigenvalue weighted by Gasteiger charge is 2.24. The van der Waals surface area contributed by atoms with E-state index in [0.29, 0.717) is 29.0 Å². The first-order chi connectivity index (χ1) is 9.51. The lowest BCUT2D eigenvalue weighted by atomic mass is 10.2. The molecular weight excluding hydrogens is 297 g/mol. The van der Waals surface area contributed by atoms with Crippen molar-refractivity contribution in [3.63, 3.8) is 0 Å². The predicted octanol–water partition coefficient (Wildman–Crippen LogP) is 2.46. The zero-order valence-corrected chi connectivity index (χ0v) is 12.1. The molecule has 5 nitrogen and oxygen atoms in total. The average molecular weight is 310 g/mol. The van der Waals surface area contributed by atoms with Crippen molar-refractivity contribution >= 4 is 35.0 Å². The van der Waals surface area contributed by atoms with Crippen molar-refractivity contribution in [2.75, 3.05) is 11.5 Å². The van der Waals surface area contributed by atoms with Crippen molar-refractivity contribution in [2.45, 2.75) is 19.6 Å². The predicted molar refractivity (Wildman–Crippen MR) is 80.3 cm³/mol. The molecule has 0 aliphatic carbocycles. The maximum absolute atomic E-state index is 6.01. The summed E-state index contributed by atoms with van der Waals surface area (Å²) in [6.07, 6.45) is 0. The molecule has 0 saturated carbocycles. The highest BCUT2D eigenvalue weighted by molar-refractivity contribution is 6.34. The summed E-state index contributed by atoms with van der Waals surface area (Å²) >= 11 is 12.0. The van der Waals surface area contributed by atoms with E-state index >= 15 is 0 Å². The average Bonchev–Trinajstić information content (AvgIpc) is 2.70. The van der Waals surface area contributed by atoms with Crippen molar-refractivity contribution in [2.24, 2.45) is 0 Å². The Morgan fingerprint density at radius 1 is 1.05 bits per heavy atom. The van der Waals surface area contributed by atoms with E-state index in [0.717, 1.165) is 23.4 Å². The van der Waals surface area contributed by atoms with Crippen LogP contribution in [0.1, 0.15) is 16.8 Å². The highest BCUT2D eigenvalue weighted by Crippen LogP contribution is 2.28. The van der Waals surface area contributed by atoms with E-state index in [1.165, 1.54) is 0 Å². The van der Waals surface area contributed by atoms with Crippen molar-refractivity contribution in [3.05, 3.63) is 45.1 Å². The van der Waals surface area contributed by atoms with Gasteiger partial charge in [-0.2, -0.15) is 4.98 Å². The van der Waals surface area contributed by atoms with Crippen LogP contribution in [0, 0.1) is 0 Å². The van der Waals surface area contributed by atoms with Crippen molar-refractivity contribution in [1.29, 1.82) is 0 Å². The van der Waals surface area contributed by atoms with E-state index in [4.69, 9.17) is 34.7 Å². The van der Waals surface area contributed by atoms with Gasteiger partial charge in [-0.15, -0.1) is 0 Å². The first-order valence-corrected chi connectivity index (χ1v) is 6.85. The summed E-state index contributed by atoms with van der Waals surface area (Å²) in [4.78, 5) is 10.4. The second kappa shape index (κ2) is 5.09. The Labute approximate surface area is 126 Å².